The number of nitrogens with one attached hydrogen (secondary N) is 1. The van der Waals surface area contributed by atoms with E-state index in [1.165, 1.54) is 0 Å². The Labute approximate surface area is 80.9 Å². The quantitative estimate of drug-likeness (QED) is 0.695. The van der Waals surface area contributed by atoms with Crippen LogP contribution in [-0.2, 0) is 6.42 Å². The summed E-state index contributed by atoms with van der Waals surface area (Å²) in [6, 6.07) is 0. The van der Waals surface area contributed by atoms with Crippen molar-refractivity contribution in [1.29, 1.82) is 0 Å². The highest BCUT2D eigenvalue weighted by Crippen LogP contribution is 2.07. The fourth-order valence-electron chi connectivity index (χ4n) is 1.26. The van der Waals surface area contributed by atoms with Crippen molar-refractivity contribution in [3.05, 3.63) is 26.5 Å². The number of nitrogen functional groups attached to an aromatic ring is 1. The van der Waals surface area contributed by atoms with Crippen LogP contribution in [0.3, 0.4) is 0 Å². The molecule has 0 saturated heterocycles. The fourth-order valence-corrected chi connectivity index (χ4v) is 1.26. The lowest BCUT2D eigenvalue weighted by molar-refractivity contribution is 0.490. The van der Waals surface area contributed by atoms with Crippen LogP contribution in [0.1, 0.15) is 31.7 Å². The van der Waals surface area contributed by atoms with Crippen LogP contribution in [0.4, 0.5) is 5.88 Å². The van der Waals surface area contributed by atoms with Crippen molar-refractivity contribution >= 4 is 5.88 Å². The van der Waals surface area contributed by atoms with Crippen LogP contribution in [-0.4, -0.2) is 4.98 Å². The molecule has 1 aromatic rings. The van der Waals surface area contributed by atoms with Crippen LogP contribution < -0.4 is 17.0 Å². The van der Waals surface area contributed by atoms with Crippen molar-refractivity contribution in [2.24, 2.45) is 0 Å². The molecule has 5 heteroatoms. The van der Waals surface area contributed by atoms with Crippen molar-refractivity contribution in [2.45, 2.75) is 32.6 Å². The third-order valence-electron chi connectivity index (χ3n) is 2.02. The van der Waals surface area contributed by atoms with Gasteiger partial charge in [0.15, 0.2) is 0 Å². The first-order valence-corrected chi connectivity index (χ1v) is 4.67. The highest BCUT2D eigenvalue weighted by atomic mass is 16.4. The molecule has 0 atom stereocenters. The maximum Gasteiger partial charge on any atom is 0.420 e. The number of aromatic amines is 1. The summed E-state index contributed by atoms with van der Waals surface area (Å²) >= 11 is 0. The molecule has 14 heavy (non-hydrogen) atoms. The summed E-state index contributed by atoms with van der Waals surface area (Å²) in [6.07, 6.45) is 3.52. The summed E-state index contributed by atoms with van der Waals surface area (Å²) in [5.41, 5.74) is 5.36. The van der Waals surface area contributed by atoms with Gasteiger partial charge in [0.2, 0.25) is 5.88 Å². The Hall–Kier alpha value is -1.52. The summed E-state index contributed by atoms with van der Waals surface area (Å²) in [6.45, 7) is 2.07. The van der Waals surface area contributed by atoms with Gasteiger partial charge >= 0.3 is 5.76 Å². The molecule has 1 aromatic heterocycles. The third kappa shape index (κ3) is 2.48. The lowest BCUT2D eigenvalue weighted by atomic mass is 10.1. The van der Waals surface area contributed by atoms with E-state index in [1.807, 2.05) is 4.98 Å². The minimum atomic E-state index is -0.799. The van der Waals surface area contributed by atoms with E-state index < -0.39 is 11.3 Å². The van der Waals surface area contributed by atoms with Crippen LogP contribution in [0.2, 0.25) is 0 Å². The van der Waals surface area contributed by atoms with E-state index in [2.05, 4.69) is 11.3 Å². The second kappa shape index (κ2) is 4.64. The van der Waals surface area contributed by atoms with Crippen LogP contribution in [0.15, 0.2) is 14.0 Å². The molecule has 0 aliphatic carbocycles. The average Bonchev–Trinajstić information content (AvgIpc) is 2.09. The number of rotatable bonds is 4. The predicted molar refractivity (Wildman–Crippen MR) is 53.2 cm³/mol. The molecule has 3 N–H and O–H groups in total. The minimum absolute atomic E-state index is 0.0603. The van der Waals surface area contributed by atoms with E-state index in [0.717, 1.165) is 19.3 Å². The van der Waals surface area contributed by atoms with Gasteiger partial charge in [-0.25, -0.2) is 4.79 Å². The molecule has 0 aromatic carbocycles. The first-order chi connectivity index (χ1) is 6.65. The number of anilines is 1. The number of aromatic nitrogens is 1. The summed E-state index contributed by atoms with van der Waals surface area (Å²) < 4.78 is 4.59. The molecule has 0 bridgehead atoms. The molecule has 0 unspecified atom stereocenters. The van der Waals surface area contributed by atoms with E-state index in [4.69, 9.17) is 5.73 Å². The Morgan fingerprint density at radius 3 is 2.64 bits per heavy atom. The zero-order chi connectivity index (χ0) is 10.6. The molecule has 0 amide bonds. The lowest BCUT2D eigenvalue weighted by Crippen LogP contribution is -2.23. The van der Waals surface area contributed by atoms with E-state index in [-0.39, 0.29) is 5.88 Å². The van der Waals surface area contributed by atoms with E-state index in [0.29, 0.717) is 12.0 Å². The van der Waals surface area contributed by atoms with E-state index in [1.54, 1.807) is 0 Å². The van der Waals surface area contributed by atoms with Gasteiger partial charge in [-0.1, -0.05) is 19.8 Å². The molecule has 1 rings (SSSR count). The molecule has 5 nitrogen and oxygen atoms in total. The molecule has 0 spiro atoms. The number of H-pyrrole nitrogens is 1. The van der Waals surface area contributed by atoms with Crippen molar-refractivity contribution in [3.8, 4) is 0 Å². The zero-order valence-electron chi connectivity index (χ0n) is 8.13. The third-order valence-corrected chi connectivity index (χ3v) is 2.02. The molecule has 0 fully saturated rings. The van der Waals surface area contributed by atoms with Crippen LogP contribution in [0.5, 0.6) is 0 Å². The first-order valence-electron chi connectivity index (χ1n) is 4.67. The lowest BCUT2D eigenvalue weighted by Gasteiger charge is -2.00. The Kier molecular flexibility index (Phi) is 3.50. The predicted octanol–water partition coefficient (Wildman–Crippen LogP) is 0.643. The maximum absolute atomic E-state index is 11.3. The molecule has 0 aliphatic rings. The van der Waals surface area contributed by atoms with Gasteiger partial charge < -0.3 is 10.2 Å². The summed E-state index contributed by atoms with van der Waals surface area (Å²) in [7, 11) is 0. The van der Waals surface area contributed by atoms with Gasteiger partial charge in [0.1, 0.15) is 0 Å². The molecule has 0 saturated carbocycles. The van der Waals surface area contributed by atoms with Crippen LogP contribution in [0.25, 0.3) is 0 Å². The van der Waals surface area contributed by atoms with Crippen molar-refractivity contribution < 1.29 is 4.42 Å². The van der Waals surface area contributed by atoms with Gasteiger partial charge in [-0.05, 0) is 12.8 Å². The van der Waals surface area contributed by atoms with Gasteiger partial charge in [0.25, 0.3) is 5.56 Å². The largest absolute Gasteiger partial charge is 0.420 e. The van der Waals surface area contributed by atoms with Gasteiger partial charge in [-0.2, -0.15) is 0 Å². The van der Waals surface area contributed by atoms with E-state index >= 15 is 0 Å². The van der Waals surface area contributed by atoms with Gasteiger partial charge in [0.05, 0.1) is 5.56 Å². The van der Waals surface area contributed by atoms with Gasteiger partial charge in [-0.3, -0.25) is 9.78 Å². The highest BCUT2D eigenvalue weighted by Gasteiger charge is 2.07. The normalized spacial score (nSPS) is 10.4. The van der Waals surface area contributed by atoms with Crippen molar-refractivity contribution in [1.82, 2.24) is 4.98 Å². The highest BCUT2D eigenvalue weighted by molar-refractivity contribution is 5.32. The first kappa shape index (κ1) is 10.6. The summed E-state index contributed by atoms with van der Waals surface area (Å²) in [4.78, 5) is 24.0. The van der Waals surface area contributed by atoms with Crippen LogP contribution >= 0.6 is 0 Å². The SMILES string of the molecule is CCCCCc1c(N)oc(=O)[nH]c1=O. The Morgan fingerprint density at radius 1 is 1.36 bits per heavy atom. The molecular weight excluding hydrogens is 184 g/mol. The molecule has 0 radical (unpaired) electrons. The minimum Gasteiger partial charge on any atom is -0.393 e. The molecule has 0 aliphatic heterocycles. The Morgan fingerprint density at radius 2 is 2.07 bits per heavy atom. The molecule has 78 valence electrons. The Bertz CT molecular complexity index is 405. The number of hydrogen-bond acceptors (Lipinski definition) is 4. The zero-order valence-corrected chi connectivity index (χ0v) is 8.13. The monoisotopic (exact) mass is 198 g/mol. The van der Waals surface area contributed by atoms with Gasteiger partial charge in [-0.15, -0.1) is 0 Å². The topological polar surface area (TPSA) is 89.1 Å². The molecule has 1 heterocycles. The van der Waals surface area contributed by atoms with Crippen molar-refractivity contribution in [2.75, 3.05) is 5.73 Å². The molecular formula is C9H14N2O3. The number of nitrogens with two attached hydrogens (primary N) is 1. The van der Waals surface area contributed by atoms with Gasteiger partial charge in [0, 0.05) is 0 Å². The van der Waals surface area contributed by atoms with Crippen molar-refractivity contribution in [3.63, 3.8) is 0 Å². The van der Waals surface area contributed by atoms with E-state index in [9.17, 15) is 9.59 Å². The number of hydrogen-bond donors (Lipinski definition) is 2. The smallest absolute Gasteiger partial charge is 0.393 e. The second-order valence-corrected chi connectivity index (χ2v) is 3.14. The summed E-state index contributed by atoms with van der Waals surface area (Å²) in [5, 5.41) is 0. The van der Waals surface area contributed by atoms with Crippen LogP contribution in [0, 0.1) is 0 Å². The fraction of sp³-hybridized carbons (Fsp3) is 0.556. The maximum atomic E-state index is 11.3. The average molecular weight is 198 g/mol. The Balaban J connectivity index is 2.86. The summed E-state index contributed by atoms with van der Waals surface area (Å²) in [5.74, 6) is -0.860. The number of unbranched alkanes of at least 4 members (excludes halogenated alkanes) is 2. The second-order valence-electron chi connectivity index (χ2n) is 3.14. The standard InChI is InChI=1S/C9H14N2O3/c1-2-3-4-5-6-7(10)14-9(13)11-8(6)12/h2-5,10H2,1H3,(H,11,12,13).